The first-order valence-corrected chi connectivity index (χ1v) is 18.7. The van der Waals surface area contributed by atoms with Crippen LogP contribution in [-0.2, 0) is 0 Å². The summed E-state index contributed by atoms with van der Waals surface area (Å²) >= 11 is 0. The van der Waals surface area contributed by atoms with Crippen molar-refractivity contribution in [2.24, 2.45) is 0 Å². The van der Waals surface area contributed by atoms with Crippen molar-refractivity contribution >= 4 is 43.9 Å². The summed E-state index contributed by atoms with van der Waals surface area (Å²) in [5.41, 5.74) is 12.1. The molecule has 0 radical (unpaired) electrons. The lowest BCUT2D eigenvalue weighted by Crippen LogP contribution is -2.00. The minimum absolute atomic E-state index is 0.566. The maximum Gasteiger partial charge on any atom is 0.164 e. The monoisotopic (exact) mass is 717 g/mol. The Hall–Kier alpha value is -7.63. The predicted octanol–water partition coefficient (Wildman–Crippen LogP) is 13.7. The molecule has 0 bridgehead atoms. The van der Waals surface area contributed by atoms with Gasteiger partial charge in [0.05, 0.1) is 0 Å². The molecule has 3 aromatic heterocycles. The van der Waals surface area contributed by atoms with Crippen LogP contribution in [0, 0.1) is 0 Å². The fourth-order valence-electron chi connectivity index (χ4n) is 7.85. The summed E-state index contributed by atoms with van der Waals surface area (Å²) in [6, 6.07) is 64.4. The fourth-order valence-corrected chi connectivity index (χ4v) is 7.85. The normalized spacial score (nSPS) is 11.6. The summed E-state index contributed by atoms with van der Waals surface area (Å²) in [7, 11) is 0. The van der Waals surface area contributed by atoms with Gasteiger partial charge in [-0.2, -0.15) is 0 Å². The van der Waals surface area contributed by atoms with Crippen LogP contribution in [-0.4, -0.2) is 15.0 Å². The third-order valence-corrected chi connectivity index (χ3v) is 10.5. The van der Waals surface area contributed by atoms with E-state index in [2.05, 4.69) is 97.1 Å². The van der Waals surface area contributed by atoms with Crippen LogP contribution in [0.3, 0.4) is 0 Å². The van der Waals surface area contributed by atoms with E-state index in [1.807, 2.05) is 91.0 Å². The van der Waals surface area contributed by atoms with Crippen molar-refractivity contribution in [3.8, 4) is 67.5 Å². The Labute approximate surface area is 322 Å². The van der Waals surface area contributed by atoms with Gasteiger partial charge in [0.25, 0.3) is 0 Å². The Bertz CT molecular complexity index is 3170. The van der Waals surface area contributed by atoms with Gasteiger partial charge in [-0.1, -0.05) is 146 Å². The first-order valence-electron chi connectivity index (χ1n) is 18.7. The Kier molecular flexibility index (Phi) is 7.42. The second-order valence-corrected chi connectivity index (χ2v) is 13.9. The number of furan rings is 2. The SMILES string of the molecule is c1ccc(-c2cc(-c3ccccc3)c3oc4c(-c5ccc6c(c5)oc5ccccc56)ccc(-c5nc(-c6ccccc6)nc(-c6ccccc6)n5)c4c3c2)cc1. The van der Waals surface area contributed by atoms with Crippen LogP contribution in [0.5, 0.6) is 0 Å². The van der Waals surface area contributed by atoms with Gasteiger partial charge in [-0.3, -0.25) is 0 Å². The molecule has 11 aromatic rings. The maximum atomic E-state index is 7.18. The molecule has 0 aliphatic carbocycles. The highest BCUT2D eigenvalue weighted by Gasteiger charge is 2.24. The molecule has 3 heterocycles. The summed E-state index contributed by atoms with van der Waals surface area (Å²) in [5, 5.41) is 4.08. The molecule has 262 valence electrons. The van der Waals surface area contributed by atoms with Crippen molar-refractivity contribution in [1.82, 2.24) is 15.0 Å². The average molecular weight is 718 g/mol. The second-order valence-electron chi connectivity index (χ2n) is 13.9. The molecule has 0 aliphatic heterocycles. The van der Waals surface area contributed by atoms with Crippen molar-refractivity contribution in [3.05, 3.63) is 188 Å². The number of benzene rings is 8. The molecule has 0 fully saturated rings. The Balaban J connectivity index is 1.24. The smallest absolute Gasteiger partial charge is 0.164 e. The highest BCUT2D eigenvalue weighted by Crippen LogP contribution is 2.46. The van der Waals surface area contributed by atoms with Crippen LogP contribution >= 0.6 is 0 Å². The number of fused-ring (bicyclic) bond motifs is 6. The van der Waals surface area contributed by atoms with Gasteiger partial charge < -0.3 is 8.83 Å². The summed E-state index contributed by atoms with van der Waals surface area (Å²) in [6.07, 6.45) is 0. The molecule has 0 N–H and O–H groups in total. The number of nitrogens with zero attached hydrogens (tertiary/aromatic N) is 3. The Morgan fingerprint density at radius 1 is 0.286 bits per heavy atom. The Morgan fingerprint density at radius 2 is 0.839 bits per heavy atom. The lowest BCUT2D eigenvalue weighted by molar-refractivity contribution is 0.668. The first kappa shape index (κ1) is 31.9. The van der Waals surface area contributed by atoms with Crippen LogP contribution in [0.15, 0.2) is 197 Å². The Morgan fingerprint density at radius 3 is 1.52 bits per heavy atom. The van der Waals surface area contributed by atoms with E-state index in [1.165, 1.54) is 0 Å². The molecular formula is C51H31N3O2. The van der Waals surface area contributed by atoms with Gasteiger partial charge in [0.2, 0.25) is 0 Å². The minimum atomic E-state index is 0.566. The molecule has 0 unspecified atom stereocenters. The van der Waals surface area contributed by atoms with E-state index >= 15 is 0 Å². The summed E-state index contributed by atoms with van der Waals surface area (Å²) in [4.78, 5) is 15.4. The molecular weight excluding hydrogens is 687 g/mol. The molecule has 56 heavy (non-hydrogen) atoms. The van der Waals surface area contributed by atoms with Gasteiger partial charge in [0.15, 0.2) is 17.5 Å². The van der Waals surface area contributed by atoms with Crippen LogP contribution in [0.2, 0.25) is 0 Å². The van der Waals surface area contributed by atoms with E-state index in [-0.39, 0.29) is 0 Å². The van der Waals surface area contributed by atoms with Crippen molar-refractivity contribution in [3.63, 3.8) is 0 Å². The van der Waals surface area contributed by atoms with Gasteiger partial charge in [0.1, 0.15) is 22.3 Å². The largest absolute Gasteiger partial charge is 0.456 e. The predicted molar refractivity (Wildman–Crippen MR) is 227 cm³/mol. The highest BCUT2D eigenvalue weighted by atomic mass is 16.3. The zero-order valence-corrected chi connectivity index (χ0v) is 30.1. The number of para-hydroxylation sites is 1. The van der Waals surface area contributed by atoms with E-state index in [0.717, 1.165) is 93.9 Å². The van der Waals surface area contributed by atoms with E-state index in [4.69, 9.17) is 23.8 Å². The van der Waals surface area contributed by atoms with Crippen LogP contribution in [0.1, 0.15) is 0 Å². The maximum absolute atomic E-state index is 7.18. The average Bonchev–Trinajstić information content (AvgIpc) is 3.85. The van der Waals surface area contributed by atoms with Crippen LogP contribution < -0.4 is 0 Å². The lowest BCUT2D eigenvalue weighted by Gasteiger charge is -2.11. The molecule has 11 rings (SSSR count). The van der Waals surface area contributed by atoms with Gasteiger partial charge in [-0.25, -0.2) is 15.0 Å². The van der Waals surface area contributed by atoms with Gasteiger partial charge in [-0.15, -0.1) is 0 Å². The topological polar surface area (TPSA) is 65.0 Å². The van der Waals surface area contributed by atoms with Crippen LogP contribution in [0.4, 0.5) is 0 Å². The van der Waals surface area contributed by atoms with E-state index in [1.54, 1.807) is 0 Å². The molecule has 0 saturated heterocycles. The fraction of sp³-hybridized carbons (Fsp3) is 0. The molecule has 0 atom stereocenters. The number of hydrogen-bond donors (Lipinski definition) is 0. The summed E-state index contributed by atoms with van der Waals surface area (Å²) in [5.74, 6) is 1.77. The highest BCUT2D eigenvalue weighted by molar-refractivity contribution is 6.19. The molecule has 0 spiro atoms. The van der Waals surface area contributed by atoms with Crippen molar-refractivity contribution in [2.75, 3.05) is 0 Å². The molecule has 0 aliphatic rings. The zero-order valence-electron chi connectivity index (χ0n) is 30.1. The number of hydrogen-bond acceptors (Lipinski definition) is 5. The standard InChI is InChI=1S/C51H31N3O2/c1-5-15-32(16-6-1)37-29-42(33-17-7-2-8-18-33)47-43(30-37)46-41(51-53-49(34-19-9-3-10-20-34)52-50(54-51)35-21-11-4-12-22-35)28-27-38(48(46)56-47)36-25-26-40-39-23-13-14-24-44(39)55-45(40)31-36/h1-31H. The summed E-state index contributed by atoms with van der Waals surface area (Å²) in [6.45, 7) is 0. The molecule has 5 heteroatoms. The quantitative estimate of drug-likeness (QED) is 0.171. The molecule has 0 amide bonds. The lowest BCUT2D eigenvalue weighted by atomic mass is 9.93. The van der Waals surface area contributed by atoms with E-state index in [0.29, 0.717) is 17.5 Å². The first-order chi connectivity index (χ1) is 27.7. The number of rotatable bonds is 6. The van der Waals surface area contributed by atoms with Crippen molar-refractivity contribution in [2.45, 2.75) is 0 Å². The van der Waals surface area contributed by atoms with Gasteiger partial charge in [0, 0.05) is 49.4 Å². The molecule has 8 aromatic carbocycles. The molecule has 5 nitrogen and oxygen atoms in total. The number of aromatic nitrogens is 3. The van der Waals surface area contributed by atoms with Crippen molar-refractivity contribution in [1.29, 1.82) is 0 Å². The zero-order chi connectivity index (χ0) is 37.0. The molecule has 0 saturated carbocycles. The van der Waals surface area contributed by atoms with Crippen molar-refractivity contribution < 1.29 is 8.83 Å². The van der Waals surface area contributed by atoms with Gasteiger partial charge in [-0.05, 0) is 64.7 Å². The minimum Gasteiger partial charge on any atom is -0.456 e. The van der Waals surface area contributed by atoms with Crippen LogP contribution in [0.25, 0.3) is 111 Å². The van der Waals surface area contributed by atoms with Gasteiger partial charge >= 0.3 is 0 Å². The summed E-state index contributed by atoms with van der Waals surface area (Å²) < 4.78 is 13.5. The van der Waals surface area contributed by atoms with E-state index < -0.39 is 0 Å². The van der Waals surface area contributed by atoms with E-state index in [9.17, 15) is 0 Å². The third-order valence-electron chi connectivity index (χ3n) is 10.5. The second kappa shape index (κ2) is 13.0. The third kappa shape index (κ3) is 5.37.